The van der Waals surface area contributed by atoms with Crippen LogP contribution in [0.2, 0.25) is 0 Å². The highest BCUT2D eigenvalue weighted by Crippen LogP contribution is 2.42. The van der Waals surface area contributed by atoms with Crippen molar-refractivity contribution in [1.82, 2.24) is 19.4 Å². The van der Waals surface area contributed by atoms with E-state index in [2.05, 4.69) is 76.2 Å². The third-order valence-electron chi connectivity index (χ3n) is 8.31. The molecule has 0 unspecified atom stereocenters. The Morgan fingerprint density at radius 2 is 1.95 bits per heavy atom. The van der Waals surface area contributed by atoms with Gasteiger partial charge in [0, 0.05) is 62.2 Å². The molecule has 0 bridgehead atoms. The number of rotatable bonds is 13. The summed E-state index contributed by atoms with van der Waals surface area (Å²) in [5, 5.41) is 0. The SMILES string of the molecule is C=Nc1nc(CC[C@]2(COCC)CCN(C(C)(C)c3ccc(C)nc3)C2)n(Cc2ccc(OC)cc2)c1/C=N\C. The number of methoxy groups -OCH3 is 1. The Hall–Kier alpha value is -3.36. The molecule has 4 rings (SSSR count). The van der Waals surface area contributed by atoms with Gasteiger partial charge in [0.25, 0.3) is 0 Å². The van der Waals surface area contributed by atoms with Crippen molar-refractivity contribution in [2.24, 2.45) is 15.4 Å². The van der Waals surface area contributed by atoms with Crippen molar-refractivity contribution in [1.29, 1.82) is 0 Å². The Morgan fingerprint density at radius 3 is 2.58 bits per heavy atom. The fraction of sp³-hybridized carbons (Fsp3) is 0.500. The number of aromatic nitrogens is 3. The second-order valence-electron chi connectivity index (χ2n) is 11.3. The standard InChI is InChI=1S/C32H44N6O2/c1-8-40-23-32(17-18-37(22-32)31(3,4)26-12-9-24(2)35-19-26)16-15-29-36-30(34-6)28(20-33-5)38(29)21-25-10-13-27(39-7)14-11-25/h9-14,19-20H,6,8,15-18,21-23H2,1-5,7H3/b33-20-/t32-/m0/s1. The number of ether oxygens (including phenoxy) is 2. The van der Waals surface area contributed by atoms with Crippen molar-refractivity contribution >= 4 is 18.7 Å². The van der Waals surface area contributed by atoms with Crippen LogP contribution in [0, 0.1) is 12.3 Å². The molecule has 8 heteroatoms. The van der Waals surface area contributed by atoms with Crippen LogP contribution in [0.15, 0.2) is 52.6 Å². The van der Waals surface area contributed by atoms with Crippen molar-refractivity contribution in [3.8, 4) is 5.75 Å². The van der Waals surface area contributed by atoms with Crippen molar-refractivity contribution in [2.75, 3.05) is 40.5 Å². The topological polar surface area (TPSA) is 77.1 Å². The molecule has 0 saturated carbocycles. The van der Waals surface area contributed by atoms with Crippen LogP contribution in [0.1, 0.15) is 62.0 Å². The van der Waals surface area contributed by atoms with Crippen LogP contribution in [-0.4, -0.2) is 72.8 Å². The Labute approximate surface area is 239 Å². The summed E-state index contributed by atoms with van der Waals surface area (Å²) >= 11 is 0. The zero-order chi connectivity index (χ0) is 28.8. The van der Waals surface area contributed by atoms with Gasteiger partial charge in [0.1, 0.15) is 17.3 Å². The van der Waals surface area contributed by atoms with Gasteiger partial charge in [-0.1, -0.05) is 18.2 Å². The largest absolute Gasteiger partial charge is 0.497 e. The number of hydrogen-bond donors (Lipinski definition) is 0. The number of benzene rings is 1. The minimum absolute atomic E-state index is 0.0308. The first-order chi connectivity index (χ1) is 19.2. The molecule has 1 aromatic carbocycles. The second kappa shape index (κ2) is 12.9. The number of imidazole rings is 1. The first-order valence-corrected chi connectivity index (χ1v) is 14.1. The van der Waals surface area contributed by atoms with Gasteiger partial charge in [0.05, 0.1) is 13.7 Å². The number of aryl methyl sites for hydroxylation is 2. The summed E-state index contributed by atoms with van der Waals surface area (Å²) in [6.07, 6.45) is 6.70. The molecule has 8 nitrogen and oxygen atoms in total. The van der Waals surface area contributed by atoms with Gasteiger partial charge in [-0.3, -0.25) is 14.9 Å². The van der Waals surface area contributed by atoms with E-state index >= 15 is 0 Å². The lowest BCUT2D eigenvalue weighted by molar-refractivity contribution is 0.0381. The monoisotopic (exact) mass is 544 g/mol. The molecule has 1 aliphatic rings. The summed E-state index contributed by atoms with van der Waals surface area (Å²) in [6, 6.07) is 12.5. The summed E-state index contributed by atoms with van der Waals surface area (Å²) in [5.41, 5.74) is 4.23. The first kappa shape index (κ1) is 29.6. The molecule has 3 heterocycles. The van der Waals surface area contributed by atoms with Gasteiger partial charge in [0.15, 0.2) is 5.82 Å². The predicted octanol–water partition coefficient (Wildman–Crippen LogP) is 5.62. The van der Waals surface area contributed by atoms with Crippen LogP contribution in [0.3, 0.4) is 0 Å². The van der Waals surface area contributed by atoms with Crippen LogP contribution >= 0.6 is 0 Å². The highest BCUT2D eigenvalue weighted by Gasteiger charge is 2.44. The maximum atomic E-state index is 6.10. The van der Waals surface area contributed by atoms with Crippen molar-refractivity contribution in [2.45, 2.75) is 59.0 Å². The Bertz CT molecular complexity index is 1300. The lowest BCUT2D eigenvalue weighted by Gasteiger charge is -2.38. The van der Waals surface area contributed by atoms with Crippen molar-refractivity contribution < 1.29 is 9.47 Å². The zero-order valence-electron chi connectivity index (χ0n) is 25.0. The van der Waals surface area contributed by atoms with E-state index in [0.29, 0.717) is 19.0 Å². The summed E-state index contributed by atoms with van der Waals surface area (Å²) in [4.78, 5) is 20.6. The molecule has 3 aromatic rings. The van der Waals surface area contributed by atoms with Crippen LogP contribution in [0.5, 0.6) is 5.75 Å². The Kier molecular flexibility index (Phi) is 9.53. The summed E-state index contributed by atoms with van der Waals surface area (Å²) in [7, 11) is 3.45. The number of pyridine rings is 1. The van der Waals surface area contributed by atoms with Gasteiger partial charge in [-0.25, -0.2) is 9.98 Å². The van der Waals surface area contributed by atoms with Gasteiger partial charge < -0.3 is 14.0 Å². The van der Waals surface area contributed by atoms with E-state index < -0.39 is 0 Å². The van der Waals surface area contributed by atoms with Crippen LogP contribution in [0.4, 0.5) is 5.82 Å². The third-order valence-corrected chi connectivity index (χ3v) is 8.31. The van der Waals surface area contributed by atoms with E-state index in [0.717, 1.165) is 67.5 Å². The van der Waals surface area contributed by atoms with E-state index in [1.807, 2.05) is 31.5 Å². The minimum Gasteiger partial charge on any atom is -0.497 e. The van der Waals surface area contributed by atoms with Gasteiger partial charge in [-0.15, -0.1) is 0 Å². The highest BCUT2D eigenvalue weighted by molar-refractivity contribution is 5.84. The lowest BCUT2D eigenvalue weighted by Crippen LogP contribution is -2.42. The maximum Gasteiger partial charge on any atom is 0.178 e. The lowest BCUT2D eigenvalue weighted by atomic mass is 9.82. The van der Waals surface area contributed by atoms with E-state index in [-0.39, 0.29) is 11.0 Å². The second-order valence-corrected chi connectivity index (χ2v) is 11.3. The molecule has 40 heavy (non-hydrogen) atoms. The molecule has 0 spiro atoms. The van der Waals surface area contributed by atoms with Crippen LogP contribution in [-0.2, 0) is 23.2 Å². The summed E-state index contributed by atoms with van der Waals surface area (Å²) in [5.74, 6) is 2.45. The molecular weight excluding hydrogens is 500 g/mol. The third kappa shape index (κ3) is 6.50. The summed E-state index contributed by atoms with van der Waals surface area (Å²) < 4.78 is 13.7. The molecule has 0 amide bonds. The van der Waals surface area contributed by atoms with Gasteiger partial charge in [0.2, 0.25) is 0 Å². The quantitative estimate of drug-likeness (QED) is 0.261. The zero-order valence-corrected chi connectivity index (χ0v) is 25.0. The maximum absolute atomic E-state index is 6.10. The van der Waals surface area contributed by atoms with Crippen molar-refractivity contribution in [3.05, 3.63) is 70.9 Å². The average Bonchev–Trinajstić information content (AvgIpc) is 3.54. The molecule has 1 saturated heterocycles. The molecule has 1 atom stereocenters. The molecule has 1 aliphatic heterocycles. The number of aliphatic imine (C=N–C) groups is 2. The smallest absolute Gasteiger partial charge is 0.178 e. The number of likely N-dealkylation sites (tertiary alicyclic amines) is 1. The molecule has 214 valence electrons. The van der Waals surface area contributed by atoms with Crippen molar-refractivity contribution in [3.63, 3.8) is 0 Å². The average molecular weight is 545 g/mol. The van der Waals surface area contributed by atoms with Crippen LogP contribution in [0.25, 0.3) is 0 Å². The predicted molar refractivity (Wildman–Crippen MR) is 162 cm³/mol. The molecular formula is C32H44N6O2. The van der Waals surface area contributed by atoms with Gasteiger partial charge in [-0.2, -0.15) is 0 Å². The number of nitrogens with zero attached hydrogens (tertiary/aromatic N) is 6. The molecule has 0 radical (unpaired) electrons. The van der Waals surface area contributed by atoms with E-state index in [4.69, 9.17) is 14.5 Å². The van der Waals surface area contributed by atoms with E-state index in [1.54, 1.807) is 14.2 Å². The summed E-state index contributed by atoms with van der Waals surface area (Å²) in [6.45, 7) is 16.6. The normalized spacial score (nSPS) is 18.1. The molecule has 0 N–H and O–H groups in total. The fourth-order valence-corrected chi connectivity index (χ4v) is 5.66. The molecule has 1 fully saturated rings. The van der Waals surface area contributed by atoms with Gasteiger partial charge >= 0.3 is 0 Å². The highest BCUT2D eigenvalue weighted by atomic mass is 16.5. The van der Waals surface area contributed by atoms with Gasteiger partial charge in [-0.05, 0) is 83.1 Å². The number of hydrogen-bond acceptors (Lipinski definition) is 7. The van der Waals surface area contributed by atoms with E-state index in [9.17, 15) is 0 Å². The Balaban J connectivity index is 1.59. The molecule has 0 aliphatic carbocycles. The molecule has 2 aromatic heterocycles. The van der Waals surface area contributed by atoms with Crippen LogP contribution < -0.4 is 4.74 Å². The van der Waals surface area contributed by atoms with E-state index in [1.165, 1.54) is 5.56 Å². The first-order valence-electron chi connectivity index (χ1n) is 14.1. The minimum atomic E-state index is -0.119. The Morgan fingerprint density at radius 1 is 1.18 bits per heavy atom. The fourth-order valence-electron chi connectivity index (χ4n) is 5.66.